The summed E-state index contributed by atoms with van der Waals surface area (Å²) in [6.45, 7) is 0.909. The van der Waals surface area contributed by atoms with Gasteiger partial charge in [-0.05, 0) is 35.7 Å². The van der Waals surface area contributed by atoms with E-state index in [0.29, 0.717) is 37.8 Å². The van der Waals surface area contributed by atoms with Gasteiger partial charge in [-0.25, -0.2) is 0 Å². The highest BCUT2D eigenvalue weighted by atomic mass is 32.1. The average molecular weight is 387 g/mol. The Labute approximate surface area is 161 Å². The van der Waals surface area contributed by atoms with Crippen molar-refractivity contribution in [2.24, 2.45) is 0 Å². The molecule has 0 aliphatic rings. The Kier molecular flexibility index (Phi) is 6.43. The lowest BCUT2D eigenvalue weighted by molar-refractivity contribution is -0.130. The van der Waals surface area contributed by atoms with Gasteiger partial charge in [0.05, 0.1) is 13.7 Å². The number of ether oxygens (including phenoxy) is 2. The van der Waals surface area contributed by atoms with Crippen molar-refractivity contribution < 1.29 is 18.7 Å². The molecule has 0 N–H and O–H groups in total. The van der Waals surface area contributed by atoms with Gasteiger partial charge in [-0.15, -0.1) is 10.2 Å². The smallest absolute Gasteiger partial charge is 0.248 e. The largest absolute Gasteiger partial charge is 0.497 e. The van der Waals surface area contributed by atoms with Gasteiger partial charge in [-0.2, -0.15) is 11.3 Å². The second-order valence-corrected chi connectivity index (χ2v) is 6.63. The van der Waals surface area contributed by atoms with E-state index in [-0.39, 0.29) is 5.91 Å². The second-order valence-electron chi connectivity index (χ2n) is 5.85. The first-order valence-electron chi connectivity index (χ1n) is 8.51. The highest BCUT2D eigenvalue weighted by Gasteiger charge is 2.13. The summed E-state index contributed by atoms with van der Waals surface area (Å²) in [4.78, 5) is 13.9. The molecule has 0 fully saturated rings. The molecule has 3 aromatic rings. The number of amides is 1. The number of hydrogen-bond acceptors (Lipinski definition) is 7. The van der Waals surface area contributed by atoms with Crippen LogP contribution >= 0.6 is 11.3 Å². The third-order valence-corrected chi connectivity index (χ3v) is 4.65. The molecule has 1 aromatic carbocycles. The molecule has 0 atom stereocenters. The van der Waals surface area contributed by atoms with E-state index in [9.17, 15) is 4.79 Å². The minimum atomic E-state index is 0.00335. The van der Waals surface area contributed by atoms with Crippen LogP contribution < -0.4 is 9.47 Å². The van der Waals surface area contributed by atoms with Gasteiger partial charge in [0.2, 0.25) is 17.7 Å². The molecule has 0 unspecified atom stereocenters. The Hall–Kier alpha value is -2.87. The maximum Gasteiger partial charge on any atom is 0.248 e. The fraction of sp³-hybridized carbons (Fsp3) is 0.316. The van der Waals surface area contributed by atoms with Crippen LogP contribution in [-0.2, 0) is 11.2 Å². The molecule has 0 radical (unpaired) electrons. The summed E-state index contributed by atoms with van der Waals surface area (Å²) in [7, 11) is 3.37. The van der Waals surface area contributed by atoms with Crippen LogP contribution in [-0.4, -0.2) is 48.3 Å². The zero-order chi connectivity index (χ0) is 19.1. The van der Waals surface area contributed by atoms with Gasteiger partial charge in [0, 0.05) is 30.8 Å². The molecule has 0 spiro atoms. The quantitative estimate of drug-likeness (QED) is 0.561. The number of benzene rings is 1. The van der Waals surface area contributed by atoms with E-state index >= 15 is 0 Å². The highest BCUT2D eigenvalue weighted by molar-refractivity contribution is 7.08. The number of carbonyl (C=O) groups is 1. The zero-order valence-electron chi connectivity index (χ0n) is 15.3. The summed E-state index contributed by atoms with van der Waals surface area (Å²) in [6, 6.07) is 9.25. The summed E-state index contributed by atoms with van der Waals surface area (Å²) in [6.07, 6.45) is 0.726. The fourth-order valence-corrected chi connectivity index (χ4v) is 2.99. The molecular formula is C19H21N3O4S. The van der Waals surface area contributed by atoms with Crippen LogP contribution in [0.3, 0.4) is 0 Å². The van der Waals surface area contributed by atoms with Crippen molar-refractivity contribution in [2.75, 3.05) is 27.3 Å². The molecule has 0 bridgehead atoms. The SMILES string of the molecule is COc1ccc(OCCN(C)C(=O)CCc2nnc(-c3ccsc3)o2)cc1. The average Bonchev–Trinajstić information content (AvgIpc) is 3.38. The fourth-order valence-electron chi connectivity index (χ4n) is 2.36. The molecule has 0 saturated heterocycles. The first-order valence-corrected chi connectivity index (χ1v) is 9.46. The van der Waals surface area contributed by atoms with E-state index in [0.717, 1.165) is 17.1 Å². The molecular weight excluding hydrogens is 366 g/mol. The van der Waals surface area contributed by atoms with Gasteiger partial charge in [-0.3, -0.25) is 4.79 Å². The Morgan fingerprint density at radius 3 is 2.67 bits per heavy atom. The van der Waals surface area contributed by atoms with Crippen LogP contribution in [0, 0.1) is 0 Å². The topological polar surface area (TPSA) is 77.7 Å². The molecule has 2 aromatic heterocycles. The summed E-state index contributed by atoms with van der Waals surface area (Å²) in [5.74, 6) is 2.47. The molecule has 27 heavy (non-hydrogen) atoms. The lowest BCUT2D eigenvalue weighted by atomic mass is 10.3. The third-order valence-electron chi connectivity index (χ3n) is 3.97. The first kappa shape index (κ1) is 18.9. The number of nitrogens with zero attached hydrogens (tertiary/aromatic N) is 3. The Morgan fingerprint density at radius 1 is 1.19 bits per heavy atom. The normalized spacial score (nSPS) is 10.6. The number of carbonyl (C=O) groups excluding carboxylic acids is 1. The summed E-state index contributed by atoms with van der Waals surface area (Å²) < 4.78 is 16.3. The summed E-state index contributed by atoms with van der Waals surface area (Å²) >= 11 is 1.57. The van der Waals surface area contributed by atoms with Crippen molar-refractivity contribution in [2.45, 2.75) is 12.8 Å². The Balaban J connectivity index is 1.39. The molecule has 7 nitrogen and oxygen atoms in total. The minimum absolute atomic E-state index is 0.00335. The van der Waals surface area contributed by atoms with Gasteiger partial charge in [-0.1, -0.05) is 0 Å². The zero-order valence-corrected chi connectivity index (χ0v) is 16.1. The van der Waals surface area contributed by atoms with E-state index in [2.05, 4.69) is 10.2 Å². The number of rotatable bonds is 9. The van der Waals surface area contributed by atoms with Gasteiger partial charge in [0.25, 0.3) is 0 Å². The molecule has 3 rings (SSSR count). The van der Waals surface area contributed by atoms with Crippen molar-refractivity contribution in [1.82, 2.24) is 15.1 Å². The molecule has 0 saturated carbocycles. The van der Waals surface area contributed by atoms with Crippen molar-refractivity contribution in [1.29, 1.82) is 0 Å². The van der Waals surface area contributed by atoms with Crippen LogP contribution in [0.5, 0.6) is 11.5 Å². The molecule has 0 aliphatic heterocycles. The van der Waals surface area contributed by atoms with Gasteiger partial charge in [0.15, 0.2) is 0 Å². The third kappa shape index (κ3) is 5.30. The van der Waals surface area contributed by atoms with Crippen LogP contribution in [0.2, 0.25) is 0 Å². The second kappa shape index (κ2) is 9.18. The number of thiophene rings is 1. The molecule has 142 valence electrons. The number of methoxy groups -OCH3 is 1. The number of aromatic nitrogens is 2. The molecule has 0 aliphatic carbocycles. The van der Waals surface area contributed by atoms with E-state index in [1.165, 1.54) is 0 Å². The lowest BCUT2D eigenvalue weighted by Crippen LogP contribution is -2.31. The van der Waals surface area contributed by atoms with Crippen molar-refractivity contribution in [3.8, 4) is 23.0 Å². The van der Waals surface area contributed by atoms with Gasteiger partial charge in [0.1, 0.15) is 18.1 Å². The molecule has 1 amide bonds. The minimum Gasteiger partial charge on any atom is -0.497 e. The lowest BCUT2D eigenvalue weighted by Gasteiger charge is -2.17. The molecule has 2 heterocycles. The van der Waals surface area contributed by atoms with Crippen LogP contribution in [0.15, 0.2) is 45.5 Å². The van der Waals surface area contributed by atoms with E-state index < -0.39 is 0 Å². The summed E-state index contributed by atoms with van der Waals surface area (Å²) in [5.41, 5.74) is 0.901. The van der Waals surface area contributed by atoms with Gasteiger partial charge >= 0.3 is 0 Å². The standard InChI is InChI=1S/C19H21N3O4S/c1-22(10-11-25-16-5-3-15(24-2)4-6-16)18(23)8-7-17-20-21-19(26-17)14-9-12-27-13-14/h3-6,9,12-13H,7-8,10-11H2,1-2H3. The van der Waals surface area contributed by atoms with Crippen LogP contribution in [0.25, 0.3) is 11.5 Å². The highest BCUT2D eigenvalue weighted by Crippen LogP contribution is 2.21. The molecule has 8 heteroatoms. The number of likely N-dealkylation sites (N-methyl/N-ethyl adjacent to an activating group) is 1. The Morgan fingerprint density at radius 2 is 1.96 bits per heavy atom. The number of aryl methyl sites for hydroxylation is 1. The predicted molar refractivity (Wildman–Crippen MR) is 102 cm³/mol. The van der Waals surface area contributed by atoms with Crippen molar-refractivity contribution in [3.63, 3.8) is 0 Å². The van der Waals surface area contributed by atoms with E-state index in [1.54, 1.807) is 30.4 Å². The number of hydrogen-bond donors (Lipinski definition) is 0. The van der Waals surface area contributed by atoms with Crippen LogP contribution in [0.1, 0.15) is 12.3 Å². The van der Waals surface area contributed by atoms with Crippen LogP contribution in [0.4, 0.5) is 0 Å². The van der Waals surface area contributed by atoms with Gasteiger partial charge < -0.3 is 18.8 Å². The van der Waals surface area contributed by atoms with E-state index in [1.807, 2.05) is 41.1 Å². The van der Waals surface area contributed by atoms with E-state index in [4.69, 9.17) is 13.9 Å². The predicted octanol–water partition coefficient (Wildman–Crippen LogP) is 3.28. The maximum absolute atomic E-state index is 12.2. The first-order chi connectivity index (χ1) is 13.2. The monoisotopic (exact) mass is 387 g/mol. The van der Waals surface area contributed by atoms with Crippen molar-refractivity contribution >= 4 is 17.2 Å². The maximum atomic E-state index is 12.2. The van der Waals surface area contributed by atoms with Crippen molar-refractivity contribution in [3.05, 3.63) is 47.0 Å². The Bertz CT molecular complexity index is 846. The summed E-state index contributed by atoms with van der Waals surface area (Å²) in [5, 5.41) is 11.9.